The molecule has 1 unspecified atom stereocenters. The van der Waals surface area contributed by atoms with Crippen LogP contribution in [0.1, 0.15) is 20.8 Å². The highest BCUT2D eigenvalue weighted by atomic mass is 19.3. The largest absolute Gasteiger partial charge is 0.586 e. The van der Waals surface area contributed by atoms with Crippen LogP contribution in [0.2, 0.25) is 0 Å². The van der Waals surface area contributed by atoms with Gasteiger partial charge in [-0.3, -0.25) is 0 Å². The van der Waals surface area contributed by atoms with Crippen molar-refractivity contribution in [3.8, 4) is 11.5 Å². The van der Waals surface area contributed by atoms with E-state index >= 15 is 0 Å². The number of aliphatic hydroxyl groups is 1. The summed E-state index contributed by atoms with van der Waals surface area (Å²) in [7, 11) is 0. The predicted octanol–water partition coefficient (Wildman–Crippen LogP) is 2.60. The number of alkyl halides is 2. The zero-order valence-electron chi connectivity index (χ0n) is 12.2. The fourth-order valence-corrected chi connectivity index (χ4v) is 1.70. The first-order valence-corrected chi connectivity index (χ1v) is 6.60. The van der Waals surface area contributed by atoms with Crippen molar-refractivity contribution in [1.82, 2.24) is 0 Å². The first kappa shape index (κ1) is 15.8. The fourth-order valence-electron chi connectivity index (χ4n) is 1.70. The molecule has 0 spiro atoms. The number of rotatable bonds is 5. The summed E-state index contributed by atoms with van der Waals surface area (Å²) < 4.78 is 39.8. The Morgan fingerprint density at radius 2 is 1.95 bits per heavy atom. The molecule has 0 saturated carbocycles. The number of fused-ring (bicyclic) bond motifs is 1. The van der Waals surface area contributed by atoms with Crippen LogP contribution in [0.25, 0.3) is 0 Å². The first-order valence-electron chi connectivity index (χ1n) is 6.60. The molecule has 1 aliphatic rings. The van der Waals surface area contributed by atoms with E-state index in [1.54, 1.807) is 6.07 Å². The molecule has 1 aliphatic heterocycles. The van der Waals surface area contributed by atoms with Gasteiger partial charge in [-0.2, -0.15) is 0 Å². The number of halogens is 2. The van der Waals surface area contributed by atoms with Crippen LogP contribution in [-0.4, -0.2) is 36.3 Å². The van der Waals surface area contributed by atoms with Crippen LogP contribution in [-0.2, 0) is 4.74 Å². The number of nitrogens with one attached hydrogen (secondary N) is 1. The molecule has 1 atom stereocenters. The lowest BCUT2D eigenvalue weighted by atomic mass is 10.2. The maximum absolute atomic E-state index is 12.9. The molecular weight excluding hydrogens is 284 g/mol. The summed E-state index contributed by atoms with van der Waals surface area (Å²) >= 11 is 0. The van der Waals surface area contributed by atoms with Crippen molar-refractivity contribution < 1.29 is 28.1 Å². The van der Waals surface area contributed by atoms with Gasteiger partial charge in [0, 0.05) is 18.3 Å². The van der Waals surface area contributed by atoms with Crippen molar-refractivity contribution in [2.24, 2.45) is 0 Å². The highest BCUT2D eigenvalue weighted by Crippen LogP contribution is 2.42. The summed E-state index contributed by atoms with van der Waals surface area (Å²) in [4.78, 5) is 0. The number of anilines is 1. The van der Waals surface area contributed by atoms with E-state index in [9.17, 15) is 13.9 Å². The van der Waals surface area contributed by atoms with Gasteiger partial charge in [-0.1, -0.05) is 0 Å². The SMILES string of the molecule is CC(C)(C)OCC(O)CNc1ccc2c(c1)OC(F)(F)O2. The van der Waals surface area contributed by atoms with E-state index in [1.807, 2.05) is 20.8 Å². The minimum Gasteiger partial charge on any atom is -0.395 e. The van der Waals surface area contributed by atoms with Gasteiger partial charge < -0.3 is 24.6 Å². The Morgan fingerprint density at radius 1 is 1.29 bits per heavy atom. The molecule has 2 N–H and O–H groups in total. The number of hydrogen-bond acceptors (Lipinski definition) is 5. The van der Waals surface area contributed by atoms with Gasteiger partial charge in [-0.15, -0.1) is 8.78 Å². The summed E-state index contributed by atoms with van der Waals surface area (Å²) in [5, 5.41) is 12.7. The van der Waals surface area contributed by atoms with Crippen molar-refractivity contribution in [3.63, 3.8) is 0 Å². The highest BCUT2D eigenvalue weighted by Gasteiger charge is 2.43. The molecule has 5 nitrogen and oxygen atoms in total. The molecule has 0 amide bonds. The zero-order chi connectivity index (χ0) is 15.7. The Balaban J connectivity index is 1.85. The highest BCUT2D eigenvalue weighted by molar-refractivity contribution is 5.56. The molecular formula is C14H19F2NO4. The van der Waals surface area contributed by atoms with Gasteiger partial charge in [0.1, 0.15) is 0 Å². The molecule has 1 heterocycles. The van der Waals surface area contributed by atoms with Crippen molar-refractivity contribution in [1.29, 1.82) is 0 Å². The number of hydrogen-bond donors (Lipinski definition) is 2. The maximum atomic E-state index is 12.9. The van der Waals surface area contributed by atoms with Crippen LogP contribution >= 0.6 is 0 Å². The molecule has 2 rings (SSSR count). The maximum Gasteiger partial charge on any atom is 0.586 e. The van der Waals surface area contributed by atoms with Gasteiger partial charge >= 0.3 is 6.29 Å². The predicted molar refractivity (Wildman–Crippen MR) is 72.8 cm³/mol. The van der Waals surface area contributed by atoms with Crippen LogP contribution < -0.4 is 14.8 Å². The summed E-state index contributed by atoms with van der Waals surface area (Å²) in [6, 6.07) is 4.35. The Kier molecular flexibility index (Phi) is 4.25. The van der Waals surface area contributed by atoms with Crippen molar-refractivity contribution in [2.45, 2.75) is 38.8 Å². The van der Waals surface area contributed by atoms with Crippen LogP contribution in [0.15, 0.2) is 18.2 Å². The zero-order valence-corrected chi connectivity index (χ0v) is 12.2. The number of ether oxygens (including phenoxy) is 3. The second kappa shape index (κ2) is 5.65. The van der Waals surface area contributed by atoms with Gasteiger partial charge in [-0.05, 0) is 32.9 Å². The first-order chi connectivity index (χ1) is 9.65. The average molecular weight is 303 g/mol. The van der Waals surface area contributed by atoms with Gasteiger partial charge in [0.25, 0.3) is 0 Å². The number of aliphatic hydroxyl groups excluding tert-OH is 1. The van der Waals surface area contributed by atoms with Gasteiger partial charge in [0.2, 0.25) is 0 Å². The van der Waals surface area contributed by atoms with E-state index in [4.69, 9.17) is 4.74 Å². The minimum absolute atomic E-state index is 0.0119. The summed E-state index contributed by atoms with van der Waals surface area (Å²) in [6.07, 6.45) is -4.34. The van der Waals surface area contributed by atoms with E-state index in [-0.39, 0.29) is 30.3 Å². The fraction of sp³-hybridized carbons (Fsp3) is 0.571. The van der Waals surface area contributed by atoms with E-state index in [2.05, 4.69) is 14.8 Å². The van der Waals surface area contributed by atoms with Crippen molar-refractivity contribution in [2.75, 3.05) is 18.5 Å². The monoisotopic (exact) mass is 303 g/mol. The molecule has 0 bridgehead atoms. The summed E-state index contributed by atoms with van der Waals surface area (Å²) in [5.41, 5.74) is 0.218. The second-order valence-electron chi connectivity index (χ2n) is 5.79. The van der Waals surface area contributed by atoms with E-state index in [0.717, 1.165) is 0 Å². The minimum atomic E-state index is -3.62. The lowest BCUT2D eigenvalue weighted by Crippen LogP contribution is -2.30. The third-order valence-electron chi connectivity index (χ3n) is 2.65. The summed E-state index contributed by atoms with van der Waals surface area (Å²) in [5.74, 6) is -0.0485. The lowest BCUT2D eigenvalue weighted by Gasteiger charge is -2.22. The smallest absolute Gasteiger partial charge is 0.395 e. The van der Waals surface area contributed by atoms with Crippen LogP contribution in [0.3, 0.4) is 0 Å². The lowest BCUT2D eigenvalue weighted by molar-refractivity contribution is -0.286. The quantitative estimate of drug-likeness (QED) is 0.875. The molecule has 118 valence electrons. The molecule has 0 fully saturated rings. The van der Waals surface area contributed by atoms with Gasteiger partial charge in [0.05, 0.1) is 18.3 Å². The Hall–Kier alpha value is -1.60. The normalized spacial score (nSPS) is 17.6. The Labute approximate surface area is 121 Å². The molecule has 1 aromatic carbocycles. The topological polar surface area (TPSA) is 60.0 Å². The number of benzene rings is 1. The van der Waals surface area contributed by atoms with E-state index in [1.165, 1.54) is 12.1 Å². The van der Waals surface area contributed by atoms with Crippen molar-refractivity contribution in [3.05, 3.63) is 18.2 Å². The molecule has 0 aromatic heterocycles. The van der Waals surface area contributed by atoms with Crippen LogP contribution in [0, 0.1) is 0 Å². The third kappa shape index (κ3) is 4.71. The molecule has 0 radical (unpaired) electrons. The van der Waals surface area contributed by atoms with Gasteiger partial charge in [0.15, 0.2) is 11.5 Å². The standard InChI is InChI=1S/C14H19F2NO4/c1-13(2,3)19-8-10(18)7-17-9-4-5-11-12(6-9)21-14(15,16)20-11/h4-6,10,17-18H,7-8H2,1-3H3. The molecule has 0 saturated heterocycles. The van der Waals surface area contributed by atoms with Crippen LogP contribution in [0.4, 0.5) is 14.5 Å². The summed E-state index contributed by atoms with van der Waals surface area (Å²) in [6.45, 7) is 6.09. The van der Waals surface area contributed by atoms with Crippen LogP contribution in [0.5, 0.6) is 11.5 Å². The van der Waals surface area contributed by atoms with Gasteiger partial charge in [-0.25, -0.2) is 0 Å². The molecule has 7 heteroatoms. The van der Waals surface area contributed by atoms with E-state index < -0.39 is 12.4 Å². The second-order valence-corrected chi connectivity index (χ2v) is 5.79. The molecule has 0 aliphatic carbocycles. The average Bonchev–Trinajstić information content (AvgIpc) is 2.66. The Bertz CT molecular complexity index is 502. The third-order valence-corrected chi connectivity index (χ3v) is 2.65. The molecule has 21 heavy (non-hydrogen) atoms. The molecule has 1 aromatic rings. The van der Waals surface area contributed by atoms with Crippen molar-refractivity contribution >= 4 is 5.69 Å². The van der Waals surface area contributed by atoms with E-state index in [0.29, 0.717) is 5.69 Å². The Morgan fingerprint density at radius 3 is 2.62 bits per heavy atom.